The Hall–Kier alpha value is -0.690. The minimum absolute atomic E-state index is 0.507. The molecule has 18 heavy (non-hydrogen) atoms. The maximum absolute atomic E-state index is 6.00. The lowest BCUT2D eigenvalue weighted by molar-refractivity contribution is 0.177. The second kappa shape index (κ2) is 5.13. The lowest BCUT2D eigenvalue weighted by Gasteiger charge is -2.40. The zero-order chi connectivity index (χ0) is 13.3. The van der Waals surface area contributed by atoms with E-state index in [1.807, 2.05) is 12.1 Å². The SMILES string of the molecule is Cc1cc(Cl)ccc1NC1CCC(C)(C)CC1C. The van der Waals surface area contributed by atoms with Gasteiger partial charge in [-0.05, 0) is 61.3 Å². The van der Waals surface area contributed by atoms with E-state index in [1.165, 1.54) is 30.5 Å². The van der Waals surface area contributed by atoms with Gasteiger partial charge in [0.1, 0.15) is 0 Å². The summed E-state index contributed by atoms with van der Waals surface area (Å²) in [6.45, 7) is 9.25. The van der Waals surface area contributed by atoms with Crippen LogP contribution in [-0.4, -0.2) is 6.04 Å². The Kier molecular flexibility index (Phi) is 3.91. The molecule has 2 unspecified atom stereocenters. The number of rotatable bonds is 2. The Morgan fingerprint density at radius 2 is 2.06 bits per heavy atom. The molecule has 2 heteroatoms. The average Bonchev–Trinajstić information content (AvgIpc) is 2.24. The highest BCUT2D eigenvalue weighted by Crippen LogP contribution is 2.39. The third-order valence-electron chi connectivity index (χ3n) is 4.22. The molecule has 100 valence electrons. The van der Waals surface area contributed by atoms with Gasteiger partial charge in [0.2, 0.25) is 0 Å². The summed E-state index contributed by atoms with van der Waals surface area (Å²) < 4.78 is 0. The summed E-state index contributed by atoms with van der Waals surface area (Å²) >= 11 is 6.00. The quantitative estimate of drug-likeness (QED) is 0.768. The van der Waals surface area contributed by atoms with Crippen molar-refractivity contribution >= 4 is 17.3 Å². The first-order valence-electron chi connectivity index (χ1n) is 6.90. The molecule has 0 amide bonds. The first-order chi connectivity index (χ1) is 8.37. The van der Waals surface area contributed by atoms with Gasteiger partial charge in [-0.2, -0.15) is 0 Å². The molecule has 1 aromatic carbocycles. The van der Waals surface area contributed by atoms with Gasteiger partial charge in [-0.15, -0.1) is 0 Å². The standard InChI is InChI=1S/C16H24ClN/c1-11-9-13(17)5-6-14(11)18-15-7-8-16(3,4)10-12(15)2/h5-6,9,12,15,18H,7-8,10H2,1-4H3. The molecule has 0 radical (unpaired) electrons. The van der Waals surface area contributed by atoms with Crippen LogP contribution in [0.25, 0.3) is 0 Å². The maximum Gasteiger partial charge on any atom is 0.0410 e. The number of nitrogens with one attached hydrogen (secondary N) is 1. The molecule has 1 aromatic rings. The highest BCUT2D eigenvalue weighted by molar-refractivity contribution is 6.30. The van der Waals surface area contributed by atoms with Crippen LogP contribution in [0.4, 0.5) is 5.69 Å². The van der Waals surface area contributed by atoms with Crippen LogP contribution in [0, 0.1) is 18.3 Å². The molecular formula is C16H24ClN. The molecule has 0 spiro atoms. The van der Waals surface area contributed by atoms with Gasteiger partial charge in [0.15, 0.2) is 0 Å². The number of halogens is 1. The molecule has 1 saturated carbocycles. The lowest BCUT2D eigenvalue weighted by Crippen LogP contribution is -2.37. The van der Waals surface area contributed by atoms with Crippen LogP contribution >= 0.6 is 11.6 Å². The summed E-state index contributed by atoms with van der Waals surface area (Å²) in [4.78, 5) is 0. The Morgan fingerprint density at radius 3 is 2.67 bits per heavy atom. The van der Waals surface area contributed by atoms with Crippen molar-refractivity contribution in [2.24, 2.45) is 11.3 Å². The Bertz CT molecular complexity index is 425. The van der Waals surface area contributed by atoms with Crippen molar-refractivity contribution in [1.82, 2.24) is 0 Å². The summed E-state index contributed by atoms with van der Waals surface area (Å²) in [5.74, 6) is 0.726. The number of aryl methyl sites for hydroxylation is 1. The van der Waals surface area contributed by atoms with Crippen molar-refractivity contribution in [3.8, 4) is 0 Å². The molecule has 0 aliphatic heterocycles. The number of anilines is 1. The Morgan fingerprint density at radius 1 is 1.33 bits per heavy atom. The lowest BCUT2D eigenvalue weighted by atomic mass is 9.70. The van der Waals surface area contributed by atoms with Crippen LogP contribution in [0.1, 0.15) is 45.6 Å². The van der Waals surface area contributed by atoms with Crippen molar-refractivity contribution in [3.05, 3.63) is 28.8 Å². The smallest absolute Gasteiger partial charge is 0.0410 e. The molecule has 2 rings (SSSR count). The van der Waals surface area contributed by atoms with Crippen molar-refractivity contribution < 1.29 is 0 Å². The second-order valence-electron chi connectivity index (χ2n) is 6.59. The molecule has 1 nitrogen and oxygen atoms in total. The summed E-state index contributed by atoms with van der Waals surface area (Å²) in [5, 5.41) is 4.52. The molecule has 1 fully saturated rings. The van der Waals surface area contributed by atoms with Gasteiger partial charge in [0.25, 0.3) is 0 Å². The van der Waals surface area contributed by atoms with Crippen LogP contribution in [0.5, 0.6) is 0 Å². The minimum Gasteiger partial charge on any atom is -0.382 e. The van der Waals surface area contributed by atoms with Gasteiger partial charge >= 0.3 is 0 Å². The topological polar surface area (TPSA) is 12.0 Å². The summed E-state index contributed by atoms with van der Waals surface area (Å²) in [7, 11) is 0. The van der Waals surface area contributed by atoms with E-state index in [2.05, 4.69) is 39.1 Å². The van der Waals surface area contributed by atoms with Gasteiger partial charge in [0.05, 0.1) is 0 Å². The van der Waals surface area contributed by atoms with Crippen LogP contribution in [-0.2, 0) is 0 Å². The molecule has 1 aliphatic rings. The Balaban J connectivity index is 2.06. The monoisotopic (exact) mass is 265 g/mol. The highest BCUT2D eigenvalue weighted by atomic mass is 35.5. The van der Waals surface area contributed by atoms with Gasteiger partial charge in [-0.25, -0.2) is 0 Å². The van der Waals surface area contributed by atoms with Crippen LogP contribution in [0.3, 0.4) is 0 Å². The number of hydrogen-bond donors (Lipinski definition) is 1. The van der Waals surface area contributed by atoms with Crippen LogP contribution in [0.2, 0.25) is 5.02 Å². The summed E-state index contributed by atoms with van der Waals surface area (Å²) in [6, 6.07) is 6.69. The molecule has 1 N–H and O–H groups in total. The fourth-order valence-electron chi connectivity index (χ4n) is 3.15. The van der Waals surface area contributed by atoms with Gasteiger partial charge in [0, 0.05) is 16.8 Å². The normalized spacial score (nSPS) is 26.9. The third kappa shape index (κ3) is 3.20. The number of hydrogen-bond acceptors (Lipinski definition) is 1. The molecule has 0 bridgehead atoms. The van der Waals surface area contributed by atoms with E-state index in [0.29, 0.717) is 11.5 Å². The first kappa shape index (κ1) is 13.7. The number of benzene rings is 1. The van der Waals surface area contributed by atoms with Crippen molar-refractivity contribution in [2.75, 3.05) is 5.32 Å². The van der Waals surface area contributed by atoms with Crippen molar-refractivity contribution in [3.63, 3.8) is 0 Å². The molecule has 0 aromatic heterocycles. The molecule has 0 saturated heterocycles. The zero-order valence-corrected chi connectivity index (χ0v) is 12.6. The van der Waals surface area contributed by atoms with Crippen molar-refractivity contribution in [2.45, 2.75) is 53.0 Å². The average molecular weight is 266 g/mol. The van der Waals surface area contributed by atoms with Crippen LogP contribution in [0.15, 0.2) is 18.2 Å². The van der Waals surface area contributed by atoms with Gasteiger partial charge < -0.3 is 5.32 Å². The molecule has 0 heterocycles. The minimum atomic E-state index is 0.507. The van der Waals surface area contributed by atoms with Crippen molar-refractivity contribution in [1.29, 1.82) is 0 Å². The van der Waals surface area contributed by atoms with E-state index in [-0.39, 0.29) is 0 Å². The van der Waals surface area contributed by atoms with Crippen LogP contribution < -0.4 is 5.32 Å². The zero-order valence-electron chi connectivity index (χ0n) is 11.9. The highest BCUT2D eigenvalue weighted by Gasteiger charge is 2.32. The molecule has 1 aliphatic carbocycles. The van der Waals surface area contributed by atoms with Gasteiger partial charge in [-0.3, -0.25) is 0 Å². The molecular weight excluding hydrogens is 242 g/mol. The predicted octanol–water partition coefficient (Wildman–Crippen LogP) is 5.28. The van der Waals surface area contributed by atoms with E-state index in [1.54, 1.807) is 0 Å². The Labute approximate surface area is 116 Å². The predicted molar refractivity (Wildman–Crippen MR) is 80.4 cm³/mol. The van der Waals surface area contributed by atoms with E-state index >= 15 is 0 Å². The van der Waals surface area contributed by atoms with E-state index in [9.17, 15) is 0 Å². The fourth-order valence-corrected chi connectivity index (χ4v) is 3.38. The van der Waals surface area contributed by atoms with E-state index < -0.39 is 0 Å². The van der Waals surface area contributed by atoms with Gasteiger partial charge in [-0.1, -0.05) is 32.4 Å². The van der Waals surface area contributed by atoms with E-state index in [0.717, 1.165) is 10.9 Å². The second-order valence-corrected chi connectivity index (χ2v) is 7.03. The maximum atomic E-state index is 6.00. The summed E-state index contributed by atoms with van der Waals surface area (Å²) in [5.41, 5.74) is 2.97. The largest absolute Gasteiger partial charge is 0.382 e. The third-order valence-corrected chi connectivity index (χ3v) is 4.46. The van der Waals surface area contributed by atoms with E-state index in [4.69, 9.17) is 11.6 Å². The fraction of sp³-hybridized carbons (Fsp3) is 0.625. The summed E-state index contributed by atoms with van der Waals surface area (Å²) in [6.07, 6.45) is 3.87. The first-order valence-corrected chi connectivity index (χ1v) is 7.28. The molecule has 2 atom stereocenters.